The number of nitriles is 1. The first kappa shape index (κ1) is 22.2. The average molecular weight is 490 g/mol. The Bertz CT molecular complexity index is 804. The van der Waals surface area contributed by atoms with Crippen LogP contribution in [0.5, 0.6) is 0 Å². The van der Waals surface area contributed by atoms with Crippen molar-refractivity contribution in [1.82, 2.24) is 10.2 Å². The Morgan fingerprint density at radius 1 is 1.21 bits per heavy atom. The van der Waals surface area contributed by atoms with Crippen molar-refractivity contribution in [3.63, 3.8) is 0 Å². The average Bonchev–Trinajstić information content (AvgIpc) is 3.18. The lowest BCUT2D eigenvalue weighted by Gasteiger charge is -2.22. The van der Waals surface area contributed by atoms with E-state index in [-0.39, 0.29) is 24.0 Å². The predicted octanol–water partition coefficient (Wildman–Crippen LogP) is 3.79. The van der Waals surface area contributed by atoms with Gasteiger partial charge in [0.1, 0.15) is 0 Å². The van der Waals surface area contributed by atoms with Crippen LogP contribution in [0.25, 0.3) is 0 Å². The molecular weight excluding hydrogens is 463 g/mol. The van der Waals surface area contributed by atoms with E-state index in [1.54, 1.807) is 0 Å². The lowest BCUT2D eigenvalue weighted by molar-refractivity contribution is 0.0906. The molecular formula is C22H27IN4O. The molecule has 1 heterocycles. The Hall–Kier alpha value is -2.11. The first-order chi connectivity index (χ1) is 13.3. The molecule has 1 saturated heterocycles. The molecule has 1 fully saturated rings. The fourth-order valence-corrected chi connectivity index (χ4v) is 3.34. The Labute approximate surface area is 184 Å². The van der Waals surface area contributed by atoms with E-state index >= 15 is 0 Å². The summed E-state index contributed by atoms with van der Waals surface area (Å²) < 4.78 is 5.90. The van der Waals surface area contributed by atoms with E-state index in [0.29, 0.717) is 24.6 Å². The molecule has 1 aliphatic heterocycles. The van der Waals surface area contributed by atoms with Gasteiger partial charge in [-0.1, -0.05) is 42.5 Å². The van der Waals surface area contributed by atoms with Crippen molar-refractivity contribution < 1.29 is 4.74 Å². The zero-order valence-electron chi connectivity index (χ0n) is 16.2. The fraction of sp³-hybridized carbons (Fsp3) is 0.364. The number of aliphatic imine (C=N–C) groups is 1. The number of rotatable bonds is 6. The highest BCUT2D eigenvalue weighted by Crippen LogP contribution is 2.17. The van der Waals surface area contributed by atoms with Gasteiger partial charge < -0.3 is 15.0 Å². The van der Waals surface area contributed by atoms with Crippen LogP contribution in [0.2, 0.25) is 0 Å². The van der Waals surface area contributed by atoms with Gasteiger partial charge in [0, 0.05) is 32.6 Å². The topological polar surface area (TPSA) is 60.7 Å². The molecule has 2 aromatic rings. The van der Waals surface area contributed by atoms with Crippen molar-refractivity contribution in [2.75, 3.05) is 26.7 Å². The predicted molar refractivity (Wildman–Crippen MR) is 123 cm³/mol. The molecule has 148 valence electrons. The number of halogens is 1. The molecule has 0 aromatic heterocycles. The van der Waals surface area contributed by atoms with E-state index in [4.69, 9.17) is 10.00 Å². The van der Waals surface area contributed by atoms with E-state index in [0.717, 1.165) is 37.6 Å². The Kier molecular flexibility index (Phi) is 9.24. The largest absolute Gasteiger partial charge is 0.376 e. The Morgan fingerprint density at radius 3 is 2.75 bits per heavy atom. The van der Waals surface area contributed by atoms with Crippen molar-refractivity contribution in [3.05, 3.63) is 71.3 Å². The van der Waals surface area contributed by atoms with Gasteiger partial charge in [-0.3, -0.25) is 4.99 Å². The van der Waals surface area contributed by atoms with Crippen LogP contribution in [0.1, 0.15) is 23.1 Å². The minimum absolute atomic E-state index is 0. The number of nitrogens with one attached hydrogen (secondary N) is 1. The number of nitrogens with zero attached hydrogens (tertiary/aromatic N) is 3. The molecule has 3 rings (SSSR count). The Balaban J connectivity index is 0.00000280. The van der Waals surface area contributed by atoms with Crippen molar-refractivity contribution >= 4 is 29.9 Å². The highest BCUT2D eigenvalue weighted by atomic mass is 127. The third-order valence-electron chi connectivity index (χ3n) is 4.77. The molecule has 1 unspecified atom stereocenters. The smallest absolute Gasteiger partial charge is 0.193 e. The number of hydrogen-bond donors (Lipinski definition) is 1. The van der Waals surface area contributed by atoms with Crippen LogP contribution in [-0.4, -0.2) is 37.6 Å². The summed E-state index contributed by atoms with van der Waals surface area (Å²) in [5.74, 6) is 1.43. The molecule has 1 atom stereocenters. The second-order valence-electron chi connectivity index (χ2n) is 6.81. The van der Waals surface area contributed by atoms with Crippen molar-refractivity contribution in [3.8, 4) is 6.07 Å². The van der Waals surface area contributed by atoms with E-state index in [9.17, 15) is 0 Å². The summed E-state index contributed by atoms with van der Waals surface area (Å²) in [4.78, 5) is 6.70. The van der Waals surface area contributed by atoms with Crippen LogP contribution < -0.4 is 5.32 Å². The molecule has 0 saturated carbocycles. The summed E-state index contributed by atoms with van der Waals surface area (Å²) in [6.45, 7) is 4.03. The van der Waals surface area contributed by atoms with Gasteiger partial charge >= 0.3 is 0 Å². The van der Waals surface area contributed by atoms with Gasteiger partial charge in [-0.2, -0.15) is 5.26 Å². The van der Waals surface area contributed by atoms with Crippen molar-refractivity contribution in [2.45, 2.75) is 19.6 Å². The van der Waals surface area contributed by atoms with Crippen LogP contribution >= 0.6 is 24.0 Å². The second kappa shape index (κ2) is 11.7. The van der Waals surface area contributed by atoms with Gasteiger partial charge in [0.2, 0.25) is 0 Å². The van der Waals surface area contributed by atoms with Gasteiger partial charge in [0.15, 0.2) is 5.96 Å². The number of ether oxygens (including phenoxy) is 1. The summed E-state index contributed by atoms with van der Waals surface area (Å²) in [5.41, 5.74) is 2.97. The van der Waals surface area contributed by atoms with Crippen LogP contribution in [0.4, 0.5) is 0 Å². The number of likely N-dealkylation sites (tertiary alicyclic amines) is 1. The lowest BCUT2D eigenvalue weighted by atomic mass is 10.1. The maximum absolute atomic E-state index is 9.02. The van der Waals surface area contributed by atoms with E-state index in [1.807, 2.05) is 49.5 Å². The SMILES string of the molecule is CN=C(NCc1cccc(C#N)c1)N1CCC(COCc2ccccc2)C1.I. The summed E-state index contributed by atoms with van der Waals surface area (Å²) in [6.07, 6.45) is 1.11. The molecule has 5 nitrogen and oxygen atoms in total. The molecule has 0 aliphatic carbocycles. The van der Waals surface area contributed by atoms with Crippen LogP contribution in [0.3, 0.4) is 0 Å². The first-order valence-corrected chi connectivity index (χ1v) is 9.35. The van der Waals surface area contributed by atoms with Crippen molar-refractivity contribution in [2.24, 2.45) is 10.9 Å². The number of benzene rings is 2. The minimum atomic E-state index is 0. The number of hydrogen-bond acceptors (Lipinski definition) is 3. The summed E-state index contributed by atoms with van der Waals surface area (Å²) in [6, 6.07) is 20.1. The maximum Gasteiger partial charge on any atom is 0.193 e. The molecule has 1 aliphatic rings. The van der Waals surface area contributed by atoms with E-state index in [1.165, 1.54) is 5.56 Å². The summed E-state index contributed by atoms with van der Waals surface area (Å²) in [5, 5.41) is 12.4. The monoisotopic (exact) mass is 490 g/mol. The van der Waals surface area contributed by atoms with Gasteiger partial charge in [0.25, 0.3) is 0 Å². The zero-order chi connectivity index (χ0) is 18.9. The van der Waals surface area contributed by atoms with Crippen molar-refractivity contribution in [1.29, 1.82) is 5.26 Å². The standard InChI is InChI=1S/C22H26N4O.HI/c1-24-22(25-14-20-9-5-8-19(12-20)13-23)26-11-10-21(15-26)17-27-16-18-6-3-2-4-7-18;/h2-9,12,21H,10-11,14-17H2,1H3,(H,24,25);1H. The first-order valence-electron chi connectivity index (χ1n) is 9.35. The lowest BCUT2D eigenvalue weighted by Crippen LogP contribution is -2.39. The summed E-state index contributed by atoms with van der Waals surface area (Å²) >= 11 is 0. The van der Waals surface area contributed by atoms with Crippen LogP contribution in [0.15, 0.2) is 59.6 Å². The fourth-order valence-electron chi connectivity index (χ4n) is 3.34. The molecule has 6 heteroatoms. The van der Waals surface area contributed by atoms with Gasteiger partial charge in [-0.15, -0.1) is 24.0 Å². The molecule has 0 amide bonds. The zero-order valence-corrected chi connectivity index (χ0v) is 18.5. The minimum Gasteiger partial charge on any atom is -0.376 e. The molecule has 2 aromatic carbocycles. The third-order valence-corrected chi connectivity index (χ3v) is 4.77. The number of guanidine groups is 1. The normalized spacial score (nSPS) is 16.4. The molecule has 0 bridgehead atoms. The molecule has 28 heavy (non-hydrogen) atoms. The molecule has 1 N–H and O–H groups in total. The molecule has 0 radical (unpaired) electrons. The quantitative estimate of drug-likeness (QED) is 0.381. The highest BCUT2D eigenvalue weighted by Gasteiger charge is 2.24. The highest BCUT2D eigenvalue weighted by molar-refractivity contribution is 14.0. The summed E-state index contributed by atoms with van der Waals surface area (Å²) in [7, 11) is 1.81. The Morgan fingerprint density at radius 2 is 2.00 bits per heavy atom. The second-order valence-corrected chi connectivity index (χ2v) is 6.81. The van der Waals surface area contributed by atoms with Crippen LogP contribution in [0, 0.1) is 17.2 Å². The van der Waals surface area contributed by atoms with Gasteiger partial charge in [-0.05, 0) is 29.7 Å². The van der Waals surface area contributed by atoms with E-state index < -0.39 is 0 Å². The van der Waals surface area contributed by atoms with Gasteiger partial charge in [0.05, 0.1) is 24.8 Å². The molecule has 0 spiro atoms. The van der Waals surface area contributed by atoms with Gasteiger partial charge in [-0.25, -0.2) is 0 Å². The third kappa shape index (κ3) is 6.50. The van der Waals surface area contributed by atoms with E-state index in [2.05, 4.69) is 33.4 Å². The van der Waals surface area contributed by atoms with Crippen LogP contribution in [-0.2, 0) is 17.9 Å². The maximum atomic E-state index is 9.02.